The van der Waals surface area contributed by atoms with Crippen LogP contribution >= 0.6 is 9.47 Å². The van der Waals surface area contributed by atoms with Crippen molar-refractivity contribution in [2.75, 3.05) is 0 Å². The number of allylic oxidation sites excluding steroid dienone is 2. The molecule has 1 aromatic heterocycles. The van der Waals surface area contributed by atoms with Gasteiger partial charge in [0.2, 0.25) is 0 Å². The molecular weight excluding hydrogens is 240 g/mol. The second-order valence-electron chi connectivity index (χ2n) is 4.51. The summed E-state index contributed by atoms with van der Waals surface area (Å²) < 4.78 is 19.6. The van der Waals surface area contributed by atoms with Crippen molar-refractivity contribution in [1.29, 1.82) is 0 Å². The zero-order valence-electron chi connectivity index (χ0n) is 9.61. The second-order valence-corrected chi connectivity index (χ2v) is 4.75. The van der Waals surface area contributed by atoms with Gasteiger partial charge in [-0.2, -0.15) is 0 Å². The zero-order valence-corrected chi connectivity index (χ0v) is 10.8. The van der Waals surface area contributed by atoms with Gasteiger partial charge < -0.3 is 9.09 Å². The Morgan fingerprint density at radius 3 is 2.82 bits per heavy atom. The average Bonchev–Trinajstić information content (AvgIpc) is 2.52. The van der Waals surface area contributed by atoms with Crippen molar-refractivity contribution in [1.82, 2.24) is 4.57 Å². The minimum absolute atomic E-state index is 0.0893. The van der Waals surface area contributed by atoms with Gasteiger partial charge in [0.1, 0.15) is 0 Å². The van der Waals surface area contributed by atoms with Crippen LogP contribution in [0, 0.1) is 11.2 Å². The van der Waals surface area contributed by atoms with Crippen LogP contribution in [0.5, 0.6) is 0 Å². The lowest BCUT2D eigenvalue weighted by Gasteiger charge is -2.12. The first-order chi connectivity index (χ1) is 7.94. The van der Waals surface area contributed by atoms with Crippen LogP contribution in [0.4, 0.5) is 4.39 Å². The topological polar surface area (TPSA) is 31.2 Å². The molecule has 0 aliphatic carbocycles. The number of hydrogen-bond acceptors (Lipinski definition) is 2. The molecule has 3 nitrogen and oxygen atoms in total. The van der Waals surface area contributed by atoms with Crippen molar-refractivity contribution in [2.24, 2.45) is 5.41 Å². The van der Waals surface area contributed by atoms with E-state index in [1.807, 2.05) is 35.5 Å². The summed E-state index contributed by atoms with van der Waals surface area (Å²) >= 11 is 0. The number of aromatic nitrogens is 1. The van der Waals surface area contributed by atoms with E-state index in [9.17, 15) is 9.18 Å². The lowest BCUT2D eigenvalue weighted by atomic mass is 9.93. The van der Waals surface area contributed by atoms with E-state index in [4.69, 9.17) is 0 Å². The Morgan fingerprint density at radius 1 is 1.47 bits per heavy atom. The molecular formula is C12H13FNO2P. The third-order valence-electron chi connectivity index (χ3n) is 2.66. The van der Waals surface area contributed by atoms with Crippen molar-refractivity contribution in [3.63, 3.8) is 0 Å². The molecule has 0 aromatic carbocycles. The van der Waals surface area contributed by atoms with E-state index in [1.54, 1.807) is 12.3 Å². The van der Waals surface area contributed by atoms with E-state index in [2.05, 4.69) is 4.52 Å². The molecule has 0 saturated heterocycles. The Bertz CT molecular complexity index is 529. The van der Waals surface area contributed by atoms with E-state index < -0.39 is 11.8 Å². The minimum Gasteiger partial charge on any atom is -0.447 e. The highest BCUT2D eigenvalue weighted by molar-refractivity contribution is 7.10. The van der Waals surface area contributed by atoms with Gasteiger partial charge in [-0.1, -0.05) is 26.0 Å². The fourth-order valence-corrected chi connectivity index (χ4v) is 1.79. The van der Waals surface area contributed by atoms with Crippen LogP contribution < -0.4 is 0 Å². The molecule has 1 unspecified atom stereocenters. The van der Waals surface area contributed by atoms with Crippen LogP contribution in [0.3, 0.4) is 0 Å². The molecule has 2 heterocycles. The van der Waals surface area contributed by atoms with Crippen molar-refractivity contribution >= 4 is 27.7 Å². The second kappa shape index (κ2) is 4.11. The monoisotopic (exact) mass is 253 g/mol. The van der Waals surface area contributed by atoms with Gasteiger partial charge in [0, 0.05) is 23.4 Å². The van der Waals surface area contributed by atoms with Crippen LogP contribution in [0.25, 0.3) is 12.3 Å². The van der Waals surface area contributed by atoms with Crippen molar-refractivity contribution in [3.05, 3.63) is 35.4 Å². The SMILES string of the molecule is CC1(C)C=Cc2cc(F)c(C(=O)OP)n2C=C1. The first-order valence-electron chi connectivity index (χ1n) is 5.15. The van der Waals surface area contributed by atoms with Gasteiger partial charge in [-0.3, -0.25) is 0 Å². The smallest absolute Gasteiger partial charge is 0.360 e. The molecule has 0 saturated carbocycles. The Labute approximate surface area is 101 Å². The Hall–Kier alpha value is -1.41. The maximum absolute atomic E-state index is 13.6. The summed E-state index contributed by atoms with van der Waals surface area (Å²) in [7, 11) is 1.83. The number of fused-ring (bicyclic) bond motifs is 1. The molecule has 5 heteroatoms. The molecule has 17 heavy (non-hydrogen) atoms. The zero-order chi connectivity index (χ0) is 12.6. The van der Waals surface area contributed by atoms with Gasteiger partial charge in [0.25, 0.3) is 0 Å². The van der Waals surface area contributed by atoms with Crippen molar-refractivity contribution in [2.45, 2.75) is 13.8 Å². The highest BCUT2D eigenvalue weighted by atomic mass is 31.0. The summed E-state index contributed by atoms with van der Waals surface area (Å²) in [6, 6.07) is 1.32. The Morgan fingerprint density at radius 2 is 2.18 bits per heavy atom. The predicted octanol–water partition coefficient (Wildman–Crippen LogP) is 3.10. The fourth-order valence-electron chi connectivity index (χ4n) is 1.67. The van der Waals surface area contributed by atoms with Crippen molar-refractivity contribution in [3.8, 4) is 0 Å². The first-order valence-corrected chi connectivity index (χ1v) is 5.62. The highest BCUT2D eigenvalue weighted by Gasteiger charge is 2.22. The Kier molecular flexibility index (Phi) is 2.92. The molecule has 0 amide bonds. The molecule has 1 aliphatic rings. The van der Waals surface area contributed by atoms with Crippen LogP contribution in [0.15, 0.2) is 18.2 Å². The maximum Gasteiger partial charge on any atom is 0.360 e. The number of nitrogens with zero attached hydrogens (tertiary/aromatic N) is 1. The summed E-state index contributed by atoms with van der Waals surface area (Å²) in [5, 5.41) is 0. The summed E-state index contributed by atoms with van der Waals surface area (Å²) in [5.41, 5.74) is 0.404. The van der Waals surface area contributed by atoms with Gasteiger partial charge >= 0.3 is 5.97 Å². The molecule has 0 radical (unpaired) electrons. The van der Waals surface area contributed by atoms with E-state index in [0.717, 1.165) is 0 Å². The molecule has 1 aliphatic heterocycles. The van der Waals surface area contributed by atoms with E-state index in [0.29, 0.717) is 5.69 Å². The standard InChI is InChI=1S/C12H13FNO2P/c1-12(2)4-3-8-7-9(13)10(11(15)16-17)14(8)6-5-12/h3-7H,17H2,1-2H3. The quantitative estimate of drug-likeness (QED) is 0.720. The van der Waals surface area contributed by atoms with Gasteiger partial charge in [0.15, 0.2) is 11.5 Å². The molecule has 0 spiro atoms. The maximum atomic E-state index is 13.6. The molecule has 1 aromatic rings. The van der Waals surface area contributed by atoms with Crippen LogP contribution in [-0.4, -0.2) is 10.5 Å². The van der Waals surface area contributed by atoms with Crippen molar-refractivity contribution < 1.29 is 13.7 Å². The van der Waals surface area contributed by atoms with Gasteiger partial charge in [0.05, 0.1) is 9.47 Å². The Balaban J connectivity index is 2.59. The third-order valence-corrected chi connectivity index (χ3v) is 2.87. The summed E-state index contributed by atoms with van der Waals surface area (Å²) in [6.45, 7) is 4.05. The predicted molar refractivity (Wildman–Crippen MR) is 67.7 cm³/mol. The lowest BCUT2D eigenvalue weighted by Crippen LogP contribution is -2.07. The van der Waals surface area contributed by atoms with Gasteiger partial charge in [-0.15, -0.1) is 0 Å². The average molecular weight is 253 g/mol. The van der Waals surface area contributed by atoms with Gasteiger partial charge in [-0.25, -0.2) is 9.18 Å². The number of carbonyl (C=O) groups is 1. The molecule has 0 bridgehead atoms. The molecule has 0 N–H and O–H groups in total. The van der Waals surface area contributed by atoms with Crippen LogP contribution in [-0.2, 0) is 4.52 Å². The first kappa shape index (κ1) is 12.1. The third kappa shape index (κ3) is 2.18. The molecule has 2 rings (SSSR count). The molecule has 90 valence electrons. The number of rotatable bonds is 1. The van der Waals surface area contributed by atoms with E-state index in [1.165, 1.54) is 10.6 Å². The number of carbonyl (C=O) groups excluding carboxylic acids is 1. The van der Waals surface area contributed by atoms with E-state index >= 15 is 0 Å². The normalized spacial score (nSPS) is 16.5. The molecule has 0 fully saturated rings. The molecule has 1 atom stereocenters. The van der Waals surface area contributed by atoms with E-state index in [-0.39, 0.29) is 11.1 Å². The largest absolute Gasteiger partial charge is 0.447 e. The highest BCUT2D eigenvalue weighted by Crippen LogP contribution is 2.27. The summed E-state index contributed by atoms with van der Waals surface area (Å²) in [4.78, 5) is 11.5. The summed E-state index contributed by atoms with van der Waals surface area (Å²) in [6.07, 6.45) is 7.34. The lowest BCUT2D eigenvalue weighted by molar-refractivity contribution is 0.0753. The van der Waals surface area contributed by atoms with Crippen LogP contribution in [0.1, 0.15) is 30.0 Å². The number of hydrogen-bond donors (Lipinski definition) is 0. The minimum atomic E-state index is -0.712. The van der Waals surface area contributed by atoms with Crippen LogP contribution in [0.2, 0.25) is 0 Å². The van der Waals surface area contributed by atoms with Gasteiger partial charge in [-0.05, 0) is 6.08 Å². The fraction of sp³-hybridized carbons (Fsp3) is 0.250. The number of halogens is 1. The summed E-state index contributed by atoms with van der Waals surface area (Å²) in [5.74, 6) is -1.29.